The number of hydrogen-bond donors (Lipinski definition) is 2. The second-order valence-electron chi connectivity index (χ2n) is 5.72. The van der Waals surface area contributed by atoms with Crippen LogP contribution in [0.4, 0.5) is 0 Å². The van der Waals surface area contributed by atoms with Crippen molar-refractivity contribution in [1.29, 1.82) is 0 Å². The first kappa shape index (κ1) is 14.5. The molecular formula is C17H22N2OS. The van der Waals surface area contributed by atoms with Crippen molar-refractivity contribution >= 4 is 27.3 Å². The molecule has 1 aliphatic rings. The van der Waals surface area contributed by atoms with Gasteiger partial charge in [0.1, 0.15) is 0 Å². The third kappa shape index (κ3) is 3.83. The summed E-state index contributed by atoms with van der Waals surface area (Å²) in [6.45, 7) is 2.00. The molecule has 2 aromatic rings. The van der Waals surface area contributed by atoms with E-state index < -0.39 is 0 Å². The quantitative estimate of drug-likeness (QED) is 0.891. The predicted molar refractivity (Wildman–Crippen MR) is 88.8 cm³/mol. The highest BCUT2D eigenvalue weighted by Gasteiger charge is 2.15. The molecule has 1 unspecified atom stereocenters. The Morgan fingerprint density at radius 1 is 1.38 bits per heavy atom. The molecular weight excluding hydrogens is 280 g/mol. The lowest BCUT2D eigenvalue weighted by Gasteiger charge is -2.23. The summed E-state index contributed by atoms with van der Waals surface area (Å²) >= 11 is 1.79. The third-order valence-corrected chi connectivity index (χ3v) is 5.09. The minimum atomic E-state index is 0.197. The summed E-state index contributed by atoms with van der Waals surface area (Å²) in [6.07, 6.45) is 4.80. The Labute approximate surface area is 129 Å². The minimum Gasteiger partial charge on any atom is -0.352 e. The van der Waals surface area contributed by atoms with Gasteiger partial charge in [-0.05, 0) is 54.6 Å². The molecule has 112 valence electrons. The van der Waals surface area contributed by atoms with Gasteiger partial charge in [-0.25, -0.2) is 0 Å². The van der Waals surface area contributed by atoms with Crippen LogP contribution in [0.1, 0.15) is 31.2 Å². The molecule has 3 nitrogen and oxygen atoms in total. The summed E-state index contributed by atoms with van der Waals surface area (Å²) in [5.74, 6) is 0.197. The van der Waals surface area contributed by atoms with Gasteiger partial charge in [-0.15, -0.1) is 11.3 Å². The molecule has 1 saturated heterocycles. The number of benzene rings is 1. The van der Waals surface area contributed by atoms with E-state index in [0.717, 1.165) is 38.8 Å². The van der Waals surface area contributed by atoms with Crippen molar-refractivity contribution in [2.45, 2.75) is 38.1 Å². The molecule has 1 aliphatic heterocycles. The van der Waals surface area contributed by atoms with Crippen LogP contribution in [0.5, 0.6) is 0 Å². The normalized spacial score (nSPS) is 18.8. The van der Waals surface area contributed by atoms with Crippen molar-refractivity contribution in [2.24, 2.45) is 0 Å². The zero-order chi connectivity index (χ0) is 14.5. The number of rotatable bonds is 5. The molecule has 0 spiro atoms. The number of thiophene rings is 1. The van der Waals surface area contributed by atoms with E-state index in [2.05, 4.69) is 40.3 Å². The maximum atomic E-state index is 12.0. The number of aryl methyl sites for hydroxylation is 1. The van der Waals surface area contributed by atoms with E-state index in [1.807, 2.05) is 0 Å². The van der Waals surface area contributed by atoms with Crippen LogP contribution in [-0.2, 0) is 11.2 Å². The maximum absolute atomic E-state index is 12.0. The lowest BCUT2D eigenvalue weighted by molar-refractivity contribution is -0.122. The van der Waals surface area contributed by atoms with Crippen LogP contribution in [0.15, 0.2) is 29.6 Å². The molecule has 1 amide bonds. The molecule has 0 saturated carbocycles. The fraction of sp³-hybridized carbons (Fsp3) is 0.471. The van der Waals surface area contributed by atoms with E-state index in [9.17, 15) is 4.79 Å². The Balaban J connectivity index is 1.46. The minimum absolute atomic E-state index is 0.197. The molecule has 2 heterocycles. The van der Waals surface area contributed by atoms with Crippen LogP contribution in [0.2, 0.25) is 0 Å². The molecule has 1 atom stereocenters. The predicted octanol–water partition coefficient (Wildman–Crippen LogP) is 3.09. The molecule has 1 fully saturated rings. The number of hydrogen-bond acceptors (Lipinski definition) is 3. The second kappa shape index (κ2) is 7.05. The average molecular weight is 302 g/mol. The van der Waals surface area contributed by atoms with Crippen molar-refractivity contribution in [1.82, 2.24) is 10.6 Å². The van der Waals surface area contributed by atoms with Crippen LogP contribution in [-0.4, -0.2) is 25.0 Å². The van der Waals surface area contributed by atoms with Crippen LogP contribution in [0.3, 0.4) is 0 Å². The Bertz CT molecular complexity index is 602. The van der Waals surface area contributed by atoms with Crippen LogP contribution in [0, 0.1) is 0 Å². The number of carbonyl (C=O) groups is 1. The summed E-state index contributed by atoms with van der Waals surface area (Å²) < 4.78 is 1.34. The topological polar surface area (TPSA) is 41.1 Å². The molecule has 4 heteroatoms. The third-order valence-electron chi connectivity index (χ3n) is 4.07. The fourth-order valence-corrected chi connectivity index (χ4v) is 3.94. The molecule has 1 aromatic heterocycles. The Morgan fingerprint density at radius 2 is 2.29 bits per heavy atom. The van der Waals surface area contributed by atoms with Gasteiger partial charge in [0.05, 0.1) is 0 Å². The fourth-order valence-electron chi connectivity index (χ4n) is 2.94. The van der Waals surface area contributed by atoms with Crippen LogP contribution < -0.4 is 10.6 Å². The molecule has 1 aromatic carbocycles. The summed E-state index contributed by atoms with van der Waals surface area (Å²) in [6, 6.07) is 8.82. The van der Waals surface area contributed by atoms with Gasteiger partial charge in [-0.3, -0.25) is 4.79 Å². The highest BCUT2D eigenvalue weighted by Crippen LogP contribution is 2.26. The van der Waals surface area contributed by atoms with Crippen molar-refractivity contribution in [2.75, 3.05) is 13.1 Å². The number of nitrogens with one attached hydrogen (secondary N) is 2. The lowest BCUT2D eigenvalue weighted by Crippen LogP contribution is -2.45. The van der Waals surface area contributed by atoms with Crippen molar-refractivity contribution in [3.05, 3.63) is 35.2 Å². The monoisotopic (exact) mass is 302 g/mol. The average Bonchev–Trinajstić information content (AvgIpc) is 2.92. The van der Waals surface area contributed by atoms with Gasteiger partial charge in [-0.1, -0.05) is 18.2 Å². The number of piperidine rings is 1. The van der Waals surface area contributed by atoms with E-state index in [-0.39, 0.29) is 5.91 Å². The van der Waals surface area contributed by atoms with Gasteiger partial charge in [0, 0.05) is 23.7 Å². The summed E-state index contributed by atoms with van der Waals surface area (Å²) in [7, 11) is 0. The smallest absolute Gasteiger partial charge is 0.220 e. The molecule has 0 bridgehead atoms. The van der Waals surface area contributed by atoms with E-state index >= 15 is 0 Å². The first-order chi connectivity index (χ1) is 10.3. The van der Waals surface area contributed by atoms with Crippen LogP contribution >= 0.6 is 11.3 Å². The van der Waals surface area contributed by atoms with E-state index in [4.69, 9.17) is 0 Å². The molecule has 3 rings (SSSR count). The first-order valence-electron chi connectivity index (χ1n) is 7.78. The largest absolute Gasteiger partial charge is 0.352 e. The van der Waals surface area contributed by atoms with Crippen LogP contribution in [0.25, 0.3) is 10.1 Å². The second-order valence-corrected chi connectivity index (χ2v) is 6.63. The summed E-state index contributed by atoms with van der Waals surface area (Å²) in [4.78, 5) is 12.0. The Morgan fingerprint density at radius 3 is 3.14 bits per heavy atom. The van der Waals surface area contributed by atoms with E-state index in [1.165, 1.54) is 15.6 Å². The van der Waals surface area contributed by atoms with Gasteiger partial charge in [0.15, 0.2) is 0 Å². The molecule has 2 N–H and O–H groups in total. The zero-order valence-electron chi connectivity index (χ0n) is 12.2. The maximum Gasteiger partial charge on any atom is 0.220 e. The standard InChI is InChI=1S/C17H22N2OS/c20-17(19-14-6-4-10-18-11-14)9-3-5-13-12-21-16-8-2-1-7-15(13)16/h1-2,7-8,12,14,18H,3-6,9-11H2,(H,19,20). The van der Waals surface area contributed by atoms with E-state index in [1.54, 1.807) is 11.3 Å². The van der Waals surface area contributed by atoms with Crippen molar-refractivity contribution < 1.29 is 4.79 Å². The zero-order valence-corrected chi connectivity index (χ0v) is 13.0. The number of amides is 1. The summed E-state index contributed by atoms with van der Waals surface area (Å²) in [5, 5.41) is 10.0. The Kier molecular flexibility index (Phi) is 4.88. The first-order valence-corrected chi connectivity index (χ1v) is 8.66. The molecule has 0 radical (unpaired) electrons. The number of fused-ring (bicyclic) bond motifs is 1. The van der Waals surface area contributed by atoms with Gasteiger partial charge in [0.25, 0.3) is 0 Å². The highest BCUT2D eigenvalue weighted by molar-refractivity contribution is 7.17. The van der Waals surface area contributed by atoms with Crippen molar-refractivity contribution in [3.8, 4) is 0 Å². The summed E-state index contributed by atoms with van der Waals surface area (Å²) in [5.41, 5.74) is 1.38. The Hall–Kier alpha value is -1.39. The molecule has 21 heavy (non-hydrogen) atoms. The number of carbonyl (C=O) groups excluding carboxylic acids is 1. The lowest BCUT2D eigenvalue weighted by atomic mass is 10.1. The van der Waals surface area contributed by atoms with Gasteiger partial charge in [0.2, 0.25) is 5.91 Å². The van der Waals surface area contributed by atoms with E-state index in [0.29, 0.717) is 12.5 Å². The highest BCUT2D eigenvalue weighted by atomic mass is 32.1. The SMILES string of the molecule is O=C(CCCc1csc2ccccc12)NC1CCCNC1. The van der Waals surface area contributed by atoms with Gasteiger partial charge >= 0.3 is 0 Å². The van der Waals surface area contributed by atoms with Gasteiger partial charge in [-0.2, -0.15) is 0 Å². The van der Waals surface area contributed by atoms with Gasteiger partial charge < -0.3 is 10.6 Å². The molecule has 0 aliphatic carbocycles. The van der Waals surface area contributed by atoms with Crippen molar-refractivity contribution in [3.63, 3.8) is 0 Å².